The van der Waals surface area contributed by atoms with E-state index in [4.69, 9.17) is 4.74 Å². The van der Waals surface area contributed by atoms with Crippen LogP contribution in [0.15, 0.2) is 48.5 Å². The van der Waals surface area contributed by atoms with Gasteiger partial charge in [-0.15, -0.1) is 0 Å². The molecule has 25 heavy (non-hydrogen) atoms. The average molecular weight is 342 g/mol. The van der Waals surface area contributed by atoms with Crippen molar-refractivity contribution in [1.82, 2.24) is 5.32 Å². The number of anilines is 1. The van der Waals surface area contributed by atoms with E-state index >= 15 is 0 Å². The van der Waals surface area contributed by atoms with Gasteiger partial charge in [-0.1, -0.05) is 24.3 Å². The van der Waals surface area contributed by atoms with Crippen molar-refractivity contribution >= 4 is 17.5 Å². The molecule has 2 unspecified atom stereocenters. The molecule has 0 saturated heterocycles. The van der Waals surface area contributed by atoms with Crippen molar-refractivity contribution in [2.75, 3.05) is 12.4 Å². The molecule has 2 atom stereocenters. The van der Waals surface area contributed by atoms with E-state index in [0.29, 0.717) is 23.4 Å². The lowest BCUT2D eigenvalue weighted by atomic mass is 10.2. The zero-order chi connectivity index (χ0) is 17.8. The smallest absolute Gasteiger partial charge is 0.228 e. The molecule has 0 radical (unpaired) electrons. The number of amides is 2. The van der Waals surface area contributed by atoms with E-state index in [9.17, 15) is 14.0 Å². The van der Waals surface area contributed by atoms with Crippen LogP contribution in [0.2, 0.25) is 0 Å². The standard InChI is InChI=1S/C19H19FN2O3/c1-25-14-7-4-6-13(9-14)22-19(24)16-10-15(16)18(23)21-11-12-5-2-3-8-17(12)20/h2-9,15-16H,10-11H2,1H3,(H,21,23)(H,22,24). The number of nitrogens with one attached hydrogen (secondary N) is 2. The van der Waals surface area contributed by atoms with Crippen LogP contribution in [-0.2, 0) is 16.1 Å². The van der Waals surface area contributed by atoms with E-state index in [1.165, 1.54) is 6.07 Å². The van der Waals surface area contributed by atoms with E-state index in [2.05, 4.69) is 10.6 Å². The van der Waals surface area contributed by atoms with Crippen LogP contribution in [0.4, 0.5) is 10.1 Å². The van der Waals surface area contributed by atoms with Gasteiger partial charge in [-0.25, -0.2) is 4.39 Å². The second-order valence-corrected chi connectivity index (χ2v) is 5.98. The van der Waals surface area contributed by atoms with E-state index < -0.39 is 0 Å². The lowest BCUT2D eigenvalue weighted by Crippen LogP contribution is -2.27. The lowest BCUT2D eigenvalue weighted by molar-refractivity contribution is -0.125. The van der Waals surface area contributed by atoms with E-state index in [1.54, 1.807) is 49.6 Å². The van der Waals surface area contributed by atoms with Crippen LogP contribution < -0.4 is 15.4 Å². The number of hydrogen-bond donors (Lipinski definition) is 2. The Balaban J connectivity index is 1.50. The maximum atomic E-state index is 13.5. The summed E-state index contributed by atoms with van der Waals surface area (Å²) in [5, 5.41) is 5.48. The van der Waals surface area contributed by atoms with E-state index in [-0.39, 0.29) is 36.0 Å². The molecule has 0 heterocycles. The van der Waals surface area contributed by atoms with Crippen LogP contribution in [0.5, 0.6) is 5.75 Å². The van der Waals surface area contributed by atoms with Gasteiger partial charge < -0.3 is 15.4 Å². The second-order valence-electron chi connectivity index (χ2n) is 5.98. The van der Waals surface area contributed by atoms with Crippen molar-refractivity contribution in [3.05, 3.63) is 59.9 Å². The molecule has 0 aromatic heterocycles. The third-order valence-electron chi connectivity index (χ3n) is 4.21. The highest BCUT2D eigenvalue weighted by atomic mass is 19.1. The Kier molecular flexibility index (Phi) is 4.97. The monoisotopic (exact) mass is 342 g/mol. The fraction of sp³-hybridized carbons (Fsp3) is 0.263. The van der Waals surface area contributed by atoms with Gasteiger partial charge in [0.2, 0.25) is 11.8 Å². The molecule has 3 rings (SSSR count). The lowest BCUT2D eigenvalue weighted by Gasteiger charge is -2.08. The first-order chi connectivity index (χ1) is 12.1. The molecule has 1 fully saturated rings. The summed E-state index contributed by atoms with van der Waals surface area (Å²) in [4.78, 5) is 24.3. The summed E-state index contributed by atoms with van der Waals surface area (Å²) >= 11 is 0. The Morgan fingerprint density at radius 1 is 1.12 bits per heavy atom. The summed E-state index contributed by atoms with van der Waals surface area (Å²) in [5.41, 5.74) is 1.05. The van der Waals surface area contributed by atoms with Crippen LogP contribution in [-0.4, -0.2) is 18.9 Å². The minimum Gasteiger partial charge on any atom is -0.497 e. The van der Waals surface area contributed by atoms with E-state index in [1.807, 2.05) is 0 Å². The molecule has 0 spiro atoms. The molecular formula is C19H19FN2O3. The Bertz CT molecular complexity index is 794. The Morgan fingerprint density at radius 2 is 1.88 bits per heavy atom. The maximum Gasteiger partial charge on any atom is 0.228 e. The molecule has 1 saturated carbocycles. The van der Waals surface area contributed by atoms with Crippen molar-refractivity contribution in [2.24, 2.45) is 11.8 Å². The van der Waals surface area contributed by atoms with Crippen LogP contribution >= 0.6 is 0 Å². The van der Waals surface area contributed by atoms with Gasteiger partial charge in [-0.05, 0) is 24.6 Å². The third-order valence-corrected chi connectivity index (χ3v) is 4.21. The summed E-state index contributed by atoms with van der Waals surface area (Å²) in [5.74, 6) is -0.851. The normalized spacial score (nSPS) is 18.3. The fourth-order valence-corrected chi connectivity index (χ4v) is 2.67. The molecule has 130 valence electrons. The first-order valence-corrected chi connectivity index (χ1v) is 8.04. The topological polar surface area (TPSA) is 67.4 Å². The molecule has 0 aliphatic heterocycles. The number of benzene rings is 2. The zero-order valence-corrected chi connectivity index (χ0v) is 13.8. The predicted molar refractivity (Wildman–Crippen MR) is 91.5 cm³/mol. The Labute approximate surface area is 145 Å². The minimum atomic E-state index is -0.364. The summed E-state index contributed by atoms with van der Waals surface area (Å²) in [6, 6.07) is 13.3. The Hall–Kier alpha value is -2.89. The summed E-state index contributed by atoms with van der Waals surface area (Å²) in [7, 11) is 1.55. The van der Waals surface area contributed by atoms with Gasteiger partial charge >= 0.3 is 0 Å². The fourth-order valence-electron chi connectivity index (χ4n) is 2.67. The molecule has 2 aromatic carbocycles. The number of rotatable bonds is 6. The number of hydrogen-bond acceptors (Lipinski definition) is 3. The first kappa shape index (κ1) is 17.0. The quantitative estimate of drug-likeness (QED) is 0.848. The van der Waals surface area contributed by atoms with Crippen LogP contribution in [0.25, 0.3) is 0 Å². The highest BCUT2D eigenvalue weighted by Gasteiger charge is 2.47. The van der Waals surface area contributed by atoms with Gasteiger partial charge in [-0.2, -0.15) is 0 Å². The zero-order valence-electron chi connectivity index (χ0n) is 13.8. The molecule has 1 aliphatic carbocycles. The molecule has 2 N–H and O–H groups in total. The van der Waals surface area contributed by atoms with Gasteiger partial charge in [0.15, 0.2) is 0 Å². The van der Waals surface area contributed by atoms with Gasteiger partial charge in [0.1, 0.15) is 11.6 Å². The van der Waals surface area contributed by atoms with Crippen molar-refractivity contribution in [3.8, 4) is 5.75 Å². The second kappa shape index (κ2) is 7.34. The highest BCUT2D eigenvalue weighted by Crippen LogP contribution is 2.39. The van der Waals surface area contributed by atoms with Crippen molar-refractivity contribution < 1.29 is 18.7 Å². The van der Waals surface area contributed by atoms with Gasteiger partial charge in [-0.3, -0.25) is 9.59 Å². The van der Waals surface area contributed by atoms with Crippen molar-refractivity contribution in [2.45, 2.75) is 13.0 Å². The van der Waals surface area contributed by atoms with E-state index in [0.717, 1.165) is 0 Å². The Morgan fingerprint density at radius 3 is 2.64 bits per heavy atom. The number of ether oxygens (including phenoxy) is 1. The average Bonchev–Trinajstić information content (AvgIpc) is 3.42. The predicted octanol–water partition coefficient (Wildman–Crippen LogP) is 2.73. The number of carbonyl (C=O) groups is 2. The summed E-state index contributed by atoms with van der Waals surface area (Å²) < 4.78 is 18.6. The number of carbonyl (C=O) groups excluding carboxylic acids is 2. The van der Waals surface area contributed by atoms with Gasteiger partial charge in [0.25, 0.3) is 0 Å². The molecule has 2 amide bonds. The third kappa shape index (κ3) is 4.15. The molecule has 1 aliphatic rings. The summed E-state index contributed by atoms with van der Waals surface area (Å²) in [6.45, 7) is 0.117. The van der Waals surface area contributed by atoms with Crippen molar-refractivity contribution in [3.63, 3.8) is 0 Å². The molecule has 6 heteroatoms. The number of methoxy groups -OCH3 is 1. The van der Waals surface area contributed by atoms with Crippen LogP contribution in [0, 0.1) is 17.7 Å². The highest BCUT2D eigenvalue weighted by molar-refractivity contribution is 5.99. The van der Waals surface area contributed by atoms with Gasteiger partial charge in [0, 0.05) is 23.9 Å². The first-order valence-electron chi connectivity index (χ1n) is 8.04. The molecule has 5 nitrogen and oxygen atoms in total. The maximum absolute atomic E-state index is 13.5. The molecule has 0 bridgehead atoms. The van der Waals surface area contributed by atoms with Crippen LogP contribution in [0.1, 0.15) is 12.0 Å². The minimum absolute atomic E-state index is 0.117. The number of halogens is 1. The molecular weight excluding hydrogens is 323 g/mol. The van der Waals surface area contributed by atoms with Crippen LogP contribution in [0.3, 0.4) is 0 Å². The SMILES string of the molecule is COc1cccc(NC(=O)C2CC2C(=O)NCc2ccccc2F)c1. The molecule has 2 aromatic rings. The summed E-state index contributed by atoms with van der Waals surface area (Å²) in [6.07, 6.45) is 0.499. The van der Waals surface area contributed by atoms with Crippen molar-refractivity contribution in [1.29, 1.82) is 0 Å². The largest absolute Gasteiger partial charge is 0.497 e. The van der Waals surface area contributed by atoms with Gasteiger partial charge in [0.05, 0.1) is 18.9 Å².